The number of hydrogen-bond acceptors (Lipinski definition) is 4. The minimum absolute atomic E-state index is 0.0467. The molecule has 2 rings (SSSR count). The highest BCUT2D eigenvalue weighted by atomic mass is 16.4. The van der Waals surface area contributed by atoms with Crippen molar-refractivity contribution in [1.29, 1.82) is 0 Å². The number of aromatic nitrogens is 1. The van der Waals surface area contributed by atoms with Crippen molar-refractivity contribution in [1.82, 2.24) is 4.98 Å². The van der Waals surface area contributed by atoms with Crippen LogP contribution in [0, 0.1) is 5.92 Å². The third-order valence-corrected chi connectivity index (χ3v) is 3.16. The monoisotopic (exact) mass is 210 g/mol. The summed E-state index contributed by atoms with van der Waals surface area (Å²) < 4.78 is 5.32. The van der Waals surface area contributed by atoms with E-state index in [9.17, 15) is 0 Å². The summed E-state index contributed by atoms with van der Waals surface area (Å²) in [5, 5.41) is 8.89. The second-order valence-electron chi connectivity index (χ2n) is 4.12. The van der Waals surface area contributed by atoms with Crippen LogP contribution < -0.4 is 4.90 Å². The zero-order valence-electron chi connectivity index (χ0n) is 9.15. The van der Waals surface area contributed by atoms with E-state index >= 15 is 0 Å². The van der Waals surface area contributed by atoms with Gasteiger partial charge in [-0.2, -0.15) is 4.98 Å². The zero-order chi connectivity index (χ0) is 10.7. The van der Waals surface area contributed by atoms with E-state index in [1.165, 1.54) is 25.5 Å². The van der Waals surface area contributed by atoms with Crippen molar-refractivity contribution in [3.63, 3.8) is 0 Å². The van der Waals surface area contributed by atoms with Crippen molar-refractivity contribution in [2.24, 2.45) is 5.92 Å². The summed E-state index contributed by atoms with van der Waals surface area (Å²) in [5.41, 5.74) is 0.614. The van der Waals surface area contributed by atoms with Gasteiger partial charge in [0.15, 0.2) is 0 Å². The summed E-state index contributed by atoms with van der Waals surface area (Å²) in [6.07, 6.45) is 5.23. The molecule has 84 valence electrons. The van der Waals surface area contributed by atoms with E-state index in [-0.39, 0.29) is 6.61 Å². The number of rotatable bonds is 3. The zero-order valence-corrected chi connectivity index (χ0v) is 9.15. The van der Waals surface area contributed by atoms with Gasteiger partial charge in [-0.15, -0.1) is 0 Å². The standard InChI is InChI=1S/C11H18N2O2/c1-2-9-3-5-13(6-4-9)11-12-10(7-14)8-15-11/h8-9,14H,2-7H2,1H3. The number of anilines is 1. The molecule has 1 aliphatic rings. The first-order valence-corrected chi connectivity index (χ1v) is 5.63. The Hall–Kier alpha value is -1.03. The van der Waals surface area contributed by atoms with Crippen LogP contribution in [0.15, 0.2) is 10.7 Å². The molecule has 0 aliphatic carbocycles. The lowest BCUT2D eigenvalue weighted by Gasteiger charge is -2.30. The second kappa shape index (κ2) is 4.66. The number of aliphatic hydroxyl groups excluding tert-OH is 1. The molecule has 0 aromatic carbocycles. The summed E-state index contributed by atoms with van der Waals surface area (Å²) in [4.78, 5) is 6.37. The first-order valence-electron chi connectivity index (χ1n) is 5.63. The summed E-state index contributed by atoms with van der Waals surface area (Å²) in [6, 6.07) is 0.661. The molecule has 1 fully saturated rings. The van der Waals surface area contributed by atoms with Crippen LogP contribution in [-0.4, -0.2) is 23.2 Å². The predicted octanol–water partition coefficient (Wildman–Crippen LogP) is 1.79. The van der Waals surface area contributed by atoms with Gasteiger partial charge in [0, 0.05) is 13.1 Å². The molecule has 0 spiro atoms. The van der Waals surface area contributed by atoms with E-state index in [0.29, 0.717) is 11.7 Å². The van der Waals surface area contributed by atoms with Crippen LogP contribution in [-0.2, 0) is 6.61 Å². The maximum absolute atomic E-state index is 8.89. The van der Waals surface area contributed by atoms with Crippen LogP contribution in [0.3, 0.4) is 0 Å². The summed E-state index contributed by atoms with van der Waals surface area (Å²) in [6.45, 7) is 4.23. The molecular weight excluding hydrogens is 192 g/mol. The molecule has 2 heterocycles. The fourth-order valence-corrected chi connectivity index (χ4v) is 2.05. The number of hydrogen-bond donors (Lipinski definition) is 1. The highest BCUT2D eigenvalue weighted by Gasteiger charge is 2.20. The summed E-state index contributed by atoms with van der Waals surface area (Å²) in [7, 11) is 0. The third-order valence-electron chi connectivity index (χ3n) is 3.16. The first kappa shape index (κ1) is 10.5. The molecule has 0 saturated carbocycles. The van der Waals surface area contributed by atoms with E-state index in [0.717, 1.165) is 19.0 Å². The lowest BCUT2D eigenvalue weighted by molar-refractivity contribution is 0.276. The Morgan fingerprint density at radius 2 is 2.27 bits per heavy atom. The minimum Gasteiger partial charge on any atom is -0.432 e. The maximum atomic E-state index is 8.89. The van der Waals surface area contributed by atoms with Crippen molar-refractivity contribution in [2.45, 2.75) is 32.8 Å². The molecule has 0 unspecified atom stereocenters. The molecule has 4 heteroatoms. The lowest BCUT2D eigenvalue weighted by atomic mass is 9.95. The van der Waals surface area contributed by atoms with Gasteiger partial charge in [-0.3, -0.25) is 0 Å². The van der Waals surface area contributed by atoms with E-state index in [4.69, 9.17) is 9.52 Å². The van der Waals surface area contributed by atoms with E-state index in [1.807, 2.05) is 0 Å². The summed E-state index contributed by atoms with van der Waals surface area (Å²) >= 11 is 0. The van der Waals surface area contributed by atoms with Crippen molar-refractivity contribution in [2.75, 3.05) is 18.0 Å². The number of oxazole rings is 1. The quantitative estimate of drug-likeness (QED) is 0.826. The topological polar surface area (TPSA) is 49.5 Å². The van der Waals surface area contributed by atoms with Gasteiger partial charge in [0.05, 0.1) is 6.61 Å². The van der Waals surface area contributed by atoms with Gasteiger partial charge in [-0.05, 0) is 18.8 Å². The van der Waals surface area contributed by atoms with Gasteiger partial charge in [0.25, 0.3) is 6.01 Å². The van der Waals surface area contributed by atoms with E-state index < -0.39 is 0 Å². The Balaban J connectivity index is 1.95. The summed E-state index contributed by atoms with van der Waals surface area (Å²) in [5.74, 6) is 0.855. The molecule has 0 radical (unpaired) electrons. The molecule has 1 N–H and O–H groups in total. The fourth-order valence-electron chi connectivity index (χ4n) is 2.05. The first-order chi connectivity index (χ1) is 7.33. The maximum Gasteiger partial charge on any atom is 0.297 e. The molecule has 0 atom stereocenters. The second-order valence-corrected chi connectivity index (χ2v) is 4.12. The molecule has 1 aromatic rings. The molecule has 1 aliphatic heterocycles. The Morgan fingerprint density at radius 3 is 2.80 bits per heavy atom. The Morgan fingerprint density at radius 1 is 1.53 bits per heavy atom. The number of nitrogens with zero attached hydrogens (tertiary/aromatic N) is 2. The normalized spacial score (nSPS) is 18.4. The van der Waals surface area contributed by atoms with Crippen LogP contribution in [0.25, 0.3) is 0 Å². The Kier molecular flexibility index (Phi) is 3.26. The molecule has 1 saturated heterocycles. The molecule has 4 nitrogen and oxygen atoms in total. The van der Waals surface area contributed by atoms with Gasteiger partial charge in [0.2, 0.25) is 0 Å². The predicted molar refractivity (Wildman–Crippen MR) is 57.7 cm³/mol. The largest absolute Gasteiger partial charge is 0.432 e. The fraction of sp³-hybridized carbons (Fsp3) is 0.727. The van der Waals surface area contributed by atoms with Gasteiger partial charge < -0.3 is 14.4 Å². The van der Waals surface area contributed by atoms with Crippen LogP contribution in [0.5, 0.6) is 0 Å². The highest BCUT2D eigenvalue weighted by Crippen LogP contribution is 2.24. The van der Waals surface area contributed by atoms with Crippen LogP contribution in [0.4, 0.5) is 6.01 Å². The third kappa shape index (κ3) is 2.31. The molecule has 1 aromatic heterocycles. The van der Waals surface area contributed by atoms with Gasteiger partial charge >= 0.3 is 0 Å². The number of aliphatic hydroxyl groups is 1. The van der Waals surface area contributed by atoms with Crippen molar-refractivity contribution >= 4 is 6.01 Å². The highest BCUT2D eigenvalue weighted by molar-refractivity contribution is 5.27. The Labute approximate surface area is 89.9 Å². The molecule has 15 heavy (non-hydrogen) atoms. The molecule has 0 bridgehead atoms. The van der Waals surface area contributed by atoms with Gasteiger partial charge in [-0.25, -0.2) is 0 Å². The van der Waals surface area contributed by atoms with Crippen molar-refractivity contribution < 1.29 is 9.52 Å². The van der Waals surface area contributed by atoms with Crippen molar-refractivity contribution in [3.05, 3.63) is 12.0 Å². The Bertz CT molecular complexity index is 303. The van der Waals surface area contributed by atoms with Gasteiger partial charge in [0.1, 0.15) is 12.0 Å². The van der Waals surface area contributed by atoms with Gasteiger partial charge in [-0.1, -0.05) is 13.3 Å². The molecular formula is C11H18N2O2. The average molecular weight is 210 g/mol. The van der Waals surface area contributed by atoms with E-state index in [1.54, 1.807) is 0 Å². The number of piperidine rings is 1. The molecule has 0 amide bonds. The lowest BCUT2D eigenvalue weighted by Crippen LogP contribution is -2.33. The average Bonchev–Trinajstić information content (AvgIpc) is 2.78. The van der Waals surface area contributed by atoms with E-state index in [2.05, 4.69) is 16.8 Å². The van der Waals surface area contributed by atoms with Crippen LogP contribution in [0.2, 0.25) is 0 Å². The van der Waals surface area contributed by atoms with Crippen LogP contribution in [0.1, 0.15) is 31.9 Å². The minimum atomic E-state index is -0.0467. The van der Waals surface area contributed by atoms with Crippen LogP contribution >= 0.6 is 0 Å². The van der Waals surface area contributed by atoms with Crippen molar-refractivity contribution in [3.8, 4) is 0 Å². The smallest absolute Gasteiger partial charge is 0.297 e. The SMILES string of the molecule is CCC1CCN(c2nc(CO)co2)CC1.